The van der Waals surface area contributed by atoms with Crippen LogP contribution >= 0.6 is 24.0 Å². The molecule has 1 N–H and O–H groups in total. The molecule has 2 atom stereocenters. The monoisotopic (exact) mass is 457 g/mol. The second kappa shape index (κ2) is 9.21. The van der Waals surface area contributed by atoms with Crippen LogP contribution in [0, 0.1) is 5.92 Å². The van der Waals surface area contributed by atoms with Crippen LogP contribution in [0.4, 0.5) is 0 Å². The van der Waals surface area contributed by atoms with Crippen molar-refractivity contribution in [3.05, 3.63) is 36.7 Å². The molecule has 0 amide bonds. The SMILES string of the molecule is CCNC(=NCc1ccnn1C)N1CCC(C)C(n2ccnc2)C1.I. The van der Waals surface area contributed by atoms with E-state index in [-0.39, 0.29) is 24.0 Å². The Balaban J connectivity index is 0.00000225. The molecule has 25 heavy (non-hydrogen) atoms. The Hall–Kier alpha value is -1.58. The predicted octanol–water partition coefficient (Wildman–Crippen LogP) is 2.28. The number of aryl methyl sites for hydroxylation is 1. The minimum absolute atomic E-state index is 0. The van der Waals surface area contributed by atoms with E-state index in [9.17, 15) is 0 Å². The summed E-state index contributed by atoms with van der Waals surface area (Å²) in [6.07, 6.45) is 8.80. The Morgan fingerprint density at radius 3 is 2.88 bits per heavy atom. The highest BCUT2D eigenvalue weighted by atomic mass is 127. The van der Waals surface area contributed by atoms with Crippen molar-refractivity contribution in [3.8, 4) is 0 Å². The molecular formula is C17H28IN7. The largest absolute Gasteiger partial charge is 0.357 e. The van der Waals surface area contributed by atoms with Crippen LogP contribution in [0.15, 0.2) is 36.0 Å². The number of hydrogen-bond donors (Lipinski definition) is 1. The van der Waals surface area contributed by atoms with Gasteiger partial charge in [-0.3, -0.25) is 4.68 Å². The van der Waals surface area contributed by atoms with Crippen molar-refractivity contribution in [2.24, 2.45) is 18.0 Å². The molecule has 3 rings (SSSR count). The number of rotatable bonds is 4. The summed E-state index contributed by atoms with van der Waals surface area (Å²) in [4.78, 5) is 11.4. The summed E-state index contributed by atoms with van der Waals surface area (Å²) in [5, 5.41) is 7.65. The average molecular weight is 457 g/mol. The fourth-order valence-corrected chi connectivity index (χ4v) is 3.23. The third-order valence-corrected chi connectivity index (χ3v) is 4.77. The van der Waals surface area contributed by atoms with Crippen molar-refractivity contribution in [2.45, 2.75) is 32.9 Å². The van der Waals surface area contributed by atoms with E-state index in [1.54, 1.807) is 0 Å². The molecule has 0 saturated carbocycles. The smallest absolute Gasteiger partial charge is 0.194 e. The normalized spacial score (nSPS) is 21.1. The molecule has 0 aliphatic carbocycles. The van der Waals surface area contributed by atoms with Gasteiger partial charge in [0.25, 0.3) is 0 Å². The highest BCUT2D eigenvalue weighted by Gasteiger charge is 2.28. The zero-order valence-corrected chi connectivity index (χ0v) is 17.5. The van der Waals surface area contributed by atoms with Gasteiger partial charge in [0.2, 0.25) is 0 Å². The van der Waals surface area contributed by atoms with Crippen LogP contribution in [-0.2, 0) is 13.6 Å². The first kappa shape index (κ1) is 19.7. The fourth-order valence-electron chi connectivity index (χ4n) is 3.23. The number of aliphatic imine (C=N–C) groups is 1. The van der Waals surface area contributed by atoms with E-state index in [4.69, 9.17) is 4.99 Å². The minimum atomic E-state index is 0. The number of imidazole rings is 1. The van der Waals surface area contributed by atoms with Crippen molar-refractivity contribution < 1.29 is 0 Å². The number of piperidine rings is 1. The van der Waals surface area contributed by atoms with Gasteiger partial charge in [0.15, 0.2) is 5.96 Å². The molecule has 0 bridgehead atoms. The molecule has 3 heterocycles. The number of guanidine groups is 1. The van der Waals surface area contributed by atoms with Crippen molar-refractivity contribution in [3.63, 3.8) is 0 Å². The molecule has 0 radical (unpaired) electrons. The number of nitrogens with one attached hydrogen (secondary N) is 1. The Morgan fingerprint density at radius 1 is 1.40 bits per heavy atom. The zero-order valence-electron chi connectivity index (χ0n) is 15.2. The van der Waals surface area contributed by atoms with Gasteiger partial charge < -0.3 is 14.8 Å². The van der Waals surface area contributed by atoms with Crippen LogP contribution in [0.5, 0.6) is 0 Å². The molecule has 2 unspecified atom stereocenters. The van der Waals surface area contributed by atoms with E-state index < -0.39 is 0 Å². The molecule has 0 spiro atoms. The highest BCUT2D eigenvalue weighted by molar-refractivity contribution is 14.0. The lowest BCUT2D eigenvalue weighted by Crippen LogP contribution is -2.49. The van der Waals surface area contributed by atoms with Crippen LogP contribution in [0.25, 0.3) is 0 Å². The quantitative estimate of drug-likeness (QED) is 0.435. The van der Waals surface area contributed by atoms with E-state index in [1.165, 1.54) is 0 Å². The second-order valence-electron chi connectivity index (χ2n) is 6.41. The van der Waals surface area contributed by atoms with Gasteiger partial charge in [-0.1, -0.05) is 6.92 Å². The lowest BCUT2D eigenvalue weighted by atomic mass is 9.93. The van der Waals surface area contributed by atoms with Crippen LogP contribution in [0.3, 0.4) is 0 Å². The molecule has 1 fully saturated rings. The van der Waals surface area contributed by atoms with Crippen LogP contribution < -0.4 is 5.32 Å². The van der Waals surface area contributed by atoms with Crippen LogP contribution in [-0.4, -0.2) is 49.8 Å². The molecular weight excluding hydrogens is 429 g/mol. The molecule has 1 aliphatic rings. The van der Waals surface area contributed by atoms with Crippen molar-refractivity contribution in [2.75, 3.05) is 19.6 Å². The summed E-state index contributed by atoms with van der Waals surface area (Å²) in [6, 6.07) is 2.45. The maximum Gasteiger partial charge on any atom is 0.194 e. The third-order valence-electron chi connectivity index (χ3n) is 4.77. The Labute approximate surface area is 166 Å². The minimum Gasteiger partial charge on any atom is -0.357 e. The first-order valence-corrected chi connectivity index (χ1v) is 8.66. The van der Waals surface area contributed by atoms with Gasteiger partial charge in [0.05, 0.1) is 24.6 Å². The maximum absolute atomic E-state index is 4.83. The first-order valence-electron chi connectivity index (χ1n) is 8.66. The van der Waals surface area contributed by atoms with Crippen molar-refractivity contribution >= 4 is 29.9 Å². The number of halogens is 1. The molecule has 0 aromatic carbocycles. The summed E-state index contributed by atoms with van der Waals surface area (Å²) < 4.78 is 4.10. The lowest BCUT2D eigenvalue weighted by molar-refractivity contribution is 0.189. The fraction of sp³-hybridized carbons (Fsp3) is 0.588. The van der Waals surface area contributed by atoms with E-state index in [1.807, 2.05) is 36.5 Å². The van der Waals surface area contributed by atoms with Gasteiger partial charge in [0, 0.05) is 45.3 Å². The molecule has 1 aliphatic heterocycles. The number of hydrogen-bond acceptors (Lipinski definition) is 3. The number of likely N-dealkylation sites (tertiary alicyclic amines) is 1. The van der Waals surface area contributed by atoms with Crippen LogP contribution in [0.2, 0.25) is 0 Å². The molecule has 1 saturated heterocycles. The van der Waals surface area contributed by atoms with Gasteiger partial charge in [-0.25, -0.2) is 9.98 Å². The molecule has 138 valence electrons. The number of aromatic nitrogens is 4. The summed E-state index contributed by atoms with van der Waals surface area (Å²) >= 11 is 0. The Morgan fingerprint density at radius 2 is 2.24 bits per heavy atom. The second-order valence-corrected chi connectivity index (χ2v) is 6.41. The topological polar surface area (TPSA) is 63.3 Å². The van der Waals surface area contributed by atoms with Crippen molar-refractivity contribution in [1.29, 1.82) is 0 Å². The molecule has 7 nitrogen and oxygen atoms in total. The van der Waals surface area contributed by atoms with E-state index in [2.05, 4.69) is 44.9 Å². The van der Waals surface area contributed by atoms with E-state index >= 15 is 0 Å². The van der Waals surface area contributed by atoms with E-state index in [0.29, 0.717) is 18.5 Å². The Kier molecular flexibility index (Phi) is 7.27. The third kappa shape index (κ3) is 4.74. The van der Waals surface area contributed by atoms with Crippen molar-refractivity contribution in [1.82, 2.24) is 29.5 Å². The molecule has 2 aromatic heterocycles. The van der Waals surface area contributed by atoms with Crippen LogP contribution in [0.1, 0.15) is 32.0 Å². The number of nitrogens with zero attached hydrogens (tertiary/aromatic N) is 6. The van der Waals surface area contributed by atoms with E-state index in [0.717, 1.165) is 37.7 Å². The summed E-state index contributed by atoms with van der Waals surface area (Å²) in [7, 11) is 1.95. The summed E-state index contributed by atoms with van der Waals surface area (Å²) in [6.45, 7) is 7.92. The van der Waals surface area contributed by atoms with Gasteiger partial charge in [-0.05, 0) is 25.3 Å². The van der Waals surface area contributed by atoms with Gasteiger partial charge in [-0.15, -0.1) is 24.0 Å². The van der Waals surface area contributed by atoms with Gasteiger partial charge in [-0.2, -0.15) is 5.10 Å². The molecule has 2 aromatic rings. The highest BCUT2D eigenvalue weighted by Crippen LogP contribution is 2.27. The maximum atomic E-state index is 4.83. The lowest BCUT2D eigenvalue weighted by Gasteiger charge is -2.39. The van der Waals surface area contributed by atoms with Gasteiger partial charge in [0.1, 0.15) is 0 Å². The zero-order chi connectivity index (χ0) is 16.9. The predicted molar refractivity (Wildman–Crippen MR) is 110 cm³/mol. The van der Waals surface area contributed by atoms with Gasteiger partial charge >= 0.3 is 0 Å². The first-order chi connectivity index (χ1) is 11.7. The molecule has 8 heteroatoms. The Bertz CT molecular complexity index is 664. The summed E-state index contributed by atoms with van der Waals surface area (Å²) in [5.41, 5.74) is 1.11. The standard InChI is InChI=1S/C17H27N7.HI/c1-4-19-17(20-11-15-5-7-21-22(15)3)23-9-6-14(2)16(12-23)24-10-8-18-13-24;/h5,7-8,10,13-14,16H,4,6,9,11-12H2,1-3H3,(H,19,20);1H. The average Bonchev–Trinajstić information content (AvgIpc) is 3.24. The summed E-state index contributed by atoms with van der Waals surface area (Å²) in [5.74, 6) is 1.62.